The van der Waals surface area contributed by atoms with Crippen LogP contribution < -0.4 is 4.72 Å². The van der Waals surface area contributed by atoms with Gasteiger partial charge in [0, 0.05) is 12.7 Å². The topological polar surface area (TPSA) is 73.2 Å². The van der Waals surface area contributed by atoms with Gasteiger partial charge in [-0.2, -0.15) is 5.10 Å². The molecule has 0 saturated heterocycles. The standard InChI is InChI=1S/C20H19F2N3O3S/c21-16-6-7-17(22)19(10-16)29(26,27)23-11-18-20-15(8-9-28-18)13-25(24-20)12-14-4-2-1-3-5-14/h1-7,10,13,18,23H,8-9,11-12H2/t18-/m1/s1. The summed E-state index contributed by atoms with van der Waals surface area (Å²) in [7, 11) is -4.24. The van der Waals surface area contributed by atoms with Crippen molar-refractivity contribution in [2.75, 3.05) is 13.2 Å². The molecule has 1 atom stereocenters. The minimum atomic E-state index is -4.24. The normalized spacial score (nSPS) is 16.6. The second kappa shape index (κ2) is 8.02. The number of aromatic nitrogens is 2. The SMILES string of the molecule is O=S(=O)(NC[C@H]1OCCc2cn(Cc3ccccc3)nc21)c1cc(F)ccc1F. The van der Waals surface area contributed by atoms with E-state index in [0.29, 0.717) is 31.3 Å². The van der Waals surface area contributed by atoms with Crippen molar-refractivity contribution < 1.29 is 21.9 Å². The maximum absolute atomic E-state index is 13.8. The molecular formula is C20H19F2N3O3S. The van der Waals surface area contributed by atoms with E-state index in [9.17, 15) is 17.2 Å². The predicted molar refractivity (Wildman–Crippen MR) is 102 cm³/mol. The summed E-state index contributed by atoms with van der Waals surface area (Å²) in [6.45, 7) is 0.874. The van der Waals surface area contributed by atoms with Crippen molar-refractivity contribution in [1.82, 2.24) is 14.5 Å². The molecule has 1 aliphatic heterocycles. The lowest BCUT2D eigenvalue weighted by Gasteiger charge is -2.22. The van der Waals surface area contributed by atoms with Crippen molar-refractivity contribution in [3.63, 3.8) is 0 Å². The van der Waals surface area contributed by atoms with Gasteiger partial charge in [-0.05, 0) is 35.7 Å². The van der Waals surface area contributed by atoms with Crippen LogP contribution >= 0.6 is 0 Å². The molecule has 9 heteroatoms. The highest BCUT2D eigenvalue weighted by molar-refractivity contribution is 7.89. The fraction of sp³-hybridized carbons (Fsp3) is 0.250. The summed E-state index contributed by atoms with van der Waals surface area (Å²) >= 11 is 0. The van der Waals surface area contributed by atoms with E-state index in [2.05, 4.69) is 9.82 Å². The van der Waals surface area contributed by atoms with Crippen LogP contribution in [0.4, 0.5) is 8.78 Å². The lowest BCUT2D eigenvalue weighted by molar-refractivity contribution is 0.0430. The Morgan fingerprint density at radius 1 is 1.17 bits per heavy atom. The first-order valence-corrected chi connectivity index (χ1v) is 10.6. The molecule has 4 rings (SSSR count). The highest BCUT2D eigenvalue weighted by atomic mass is 32.2. The molecule has 0 spiro atoms. The second-order valence-corrected chi connectivity index (χ2v) is 8.49. The summed E-state index contributed by atoms with van der Waals surface area (Å²) in [6.07, 6.45) is 1.99. The van der Waals surface area contributed by atoms with E-state index in [0.717, 1.165) is 23.3 Å². The monoisotopic (exact) mass is 419 g/mol. The lowest BCUT2D eigenvalue weighted by Crippen LogP contribution is -2.32. The predicted octanol–water partition coefficient (Wildman–Crippen LogP) is 2.80. The highest BCUT2D eigenvalue weighted by Crippen LogP contribution is 2.26. The fourth-order valence-corrected chi connectivity index (χ4v) is 4.40. The second-order valence-electron chi connectivity index (χ2n) is 6.76. The molecular weight excluding hydrogens is 400 g/mol. The molecule has 0 bridgehead atoms. The number of nitrogens with zero attached hydrogens (tertiary/aromatic N) is 2. The smallest absolute Gasteiger partial charge is 0.243 e. The number of rotatable bonds is 6. The number of benzene rings is 2. The molecule has 1 aromatic heterocycles. The third-order valence-corrected chi connectivity index (χ3v) is 6.13. The molecule has 6 nitrogen and oxygen atoms in total. The van der Waals surface area contributed by atoms with Crippen LogP contribution in [-0.4, -0.2) is 31.3 Å². The van der Waals surface area contributed by atoms with Crippen LogP contribution in [-0.2, 0) is 27.7 Å². The zero-order chi connectivity index (χ0) is 20.4. The average Bonchev–Trinajstić information content (AvgIpc) is 3.12. The summed E-state index contributed by atoms with van der Waals surface area (Å²) in [6, 6.07) is 12.1. The van der Waals surface area contributed by atoms with Crippen LogP contribution in [0.2, 0.25) is 0 Å². The largest absolute Gasteiger partial charge is 0.370 e. The first-order chi connectivity index (χ1) is 13.9. The quantitative estimate of drug-likeness (QED) is 0.667. The molecule has 2 heterocycles. The molecule has 1 aliphatic rings. The Kier molecular flexibility index (Phi) is 5.44. The Balaban J connectivity index is 1.50. The summed E-state index contributed by atoms with van der Waals surface area (Å²) in [5.74, 6) is -1.85. The zero-order valence-corrected chi connectivity index (χ0v) is 16.2. The van der Waals surface area contributed by atoms with Crippen molar-refractivity contribution in [3.8, 4) is 0 Å². The van der Waals surface area contributed by atoms with E-state index < -0.39 is 32.7 Å². The van der Waals surface area contributed by atoms with Gasteiger partial charge in [-0.15, -0.1) is 0 Å². The summed E-state index contributed by atoms with van der Waals surface area (Å²) in [4.78, 5) is -0.733. The van der Waals surface area contributed by atoms with Crippen LogP contribution in [0.25, 0.3) is 0 Å². The summed E-state index contributed by atoms with van der Waals surface area (Å²) in [5.41, 5.74) is 2.72. The van der Waals surface area contributed by atoms with Crippen LogP contribution in [0.15, 0.2) is 59.6 Å². The lowest BCUT2D eigenvalue weighted by atomic mass is 10.1. The molecule has 0 amide bonds. The number of hydrogen-bond donors (Lipinski definition) is 1. The molecule has 1 N–H and O–H groups in total. The average molecular weight is 419 g/mol. The van der Waals surface area contributed by atoms with E-state index in [-0.39, 0.29) is 6.54 Å². The van der Waals surface area contributed by atoms with Gasteiger partial charge in [-0.25, -0.2) is 21.9 Å². The van der Waals surface area contributed by atoms with Crippen LogP contribution in [0, 0.1) is 11.6 Å². The molecule has 0 saturated carbocycles. The molecule has 29 heavy (non-hydrogen) atoms. The van der Waals surface area contributed by atoms with Crippen molar-refractivity contribution in [2.45, 2.75) is 24.0 Å². The number of sulfonamides is 1. The van der Waals surface area contributed by atoms with E-state index in [1.807, 2.05) is 36.5 Å². The molecule has 0 unspecified atom stereocenters. The van der Waals surface area contributed by atoms with Gasteiger partial charge in [0.15, 0.2) is 0 Å². The molecule has 0 radical (unpaired) electrons. The minimum Gasteiger partial charge on any atom is -0.370 e. The Morgan fingerprint density at radius 2 is 1.97 bits per heavy atom. The Hall–Kier alpha value is -2.62. The summed E-state index contributed by atoms with van der Waals surface area (Å²) in [5, 5.41) is 4.56. The van der Waals surface area contributed by atoms with E-state index in [1.54, 1.807) is 4.68 Å². The number of ether oxygens (including phenoxy) is 1. The van der Waals surface area contributed by atoms with Crippen molar-refractivity contribution in [2.24, 2.45) is 0 Å². The fourth-order valence-electron chi connectivity index (χ4n) is 3.28. The molecule has 152 valence electrons. The third-order valence-electron chi connectivity index (χ3n) is 4.69. The number of hydrogen-bond acceptors (Lipinski definition) is 4. The van der Waals surface area contributed by atoms with Crippen molar-refractivity contribution >= 4 is 10.0 Å². The molecule has 2 aromatic carbocycles. The van der Waals surface area contributed by atoms with Gasteiger partial charge in [0.05, 0.1) is 18.8 Å². The Morgan fingerprint density at radius 3 is 2.76 bits per heavy atom. The maximum atomic E-state index is 13.8. The van der Waals surface area contributed by atoms with Crippen molar-refractivity contribution in [1.29, 1.82) is 0 Å². The summed E-state index contributed by atoms with van der Waals surface area (Å²) < 4.78 is 61.8. The minimum absolute atomic E-state index is 0.131. The van der Waals surface area contributed by atoms with Gasteiger partial charge in [-0.3, -0.25) is 4.68 Å². The van der Waals surface area contributed by atoms with Crippen LogP contribution in [0.5, 0.6) is 0 Å². The van der Waals surface area contributed by atoms with Gasteiger partial charge in [0.2, 0.25) is 10.0 Å². The number of nitrogens with one attached hydrogen (secondary N) is 1. The van der Waals surface area contributed by atoms with Gasteiger partial charge in [0.25, 0.3) is 0 Å². The van der Waals surface area contributed by atoms with Gasteiger partial charge >= 0.3 is 0 Å². The van der Waals surface area contributed by atoms with Crippen molar-refractivity contribution in [3.05, 3.63) is 83.2 Å². The zero-order valence-electron chi connectivity index (χ0n) is 15.4. The van der Waals surface area contributed by atoms with E-state index >= 15 is 0 Å². The van der Waals surface area contributed by atoms with E-state index in [4.69, 9.17) is 4.74 Å². The third kappa shape index (κ3) is 4.36. The Labute approximate surface area is 167 Å². The van der Waals surface area contributed by atoms with Gasteiger partial charge in [0.1, 0.15) is 22.6 Å². The first kappa shape index (κ1) is 19.7. The number of halogens is 2. The number of fused-ring (bicyclic) bond motifs is 1. The van der Waals surface area contributed by atoms with Crippen LogP contribution in [0.1, 0.15) is 22.9 Å². The first-order valence-electron chi connectivity index (χ1n) is 9.09. The van der Waals surface area contributed by atoms with Crippen LogP contribution in [0.3, 0.4) is 0 Å². The Bertz CT molecular complexity index is 1120. The van der Waals surface area contributed by atoms with Gasteiger partial charge in [-0.1, -0.05) is 30.3 Å². The molecule has 0 fully saturated rings. The van der Waals surface area contributed by atoms with Gasteiger partial charge < -0.3 is 4.74 Å². The molecule has 3 aromatic rings. The van der Waals surface area contributed by atoms with E-state index in [1.165, 1.54) is 0 Å². The molecule has 0 aliphatic carbocycles. The highest BCUT2D eigenvalue weighted by Gasteiger charge is 2.28. The maximum Gasteiger partial charge on any atom is 0.243 e.